The quantitative estimate of drug-likeness (QED) is 0.581. The van der Waals surface area contributed by atoms with Crippen LogP contribution in [0.1, 0.15) is 5.56 Å². The molecule has 136 valence electrons. The SMILES string of the molecule is c1ccc(-c2ccc(-c3nc(-c4ccc(C5=NCCN5)cc4)no3)cc2)cc1. The standard InChI is InChI=1S/C23H18N4O/c1-2-4-16(5-3-1)17-6-12-20(13-7-17)23-26-22(27-28-23)19-10-8-18(9-11-19)21-24-14-15-25-21/h1-13H,14-15H2,(H,24,25). The number of rotatable bonds is 4. The Hall–Kier alpha value is -3.73. The molecule has 0 fully saturated rings. The minimum atomic E-state index is 0.514. The number of hydrogen-bond acceptors (Lipinski definition) is 5. The third-order valence-electron chi connectivity index (χ3n) is 4.76. The first-order valence-corrected chi connectivity index (χ1v) is 9.25. The van der Waals surface area contributed by atoms with Gasteiger partial charge in [-0.3, -0.25) is 4.99 Å². The van der Waals surface area contributed by atoms with Crippen molar-refractivity contribution in [1.29, 1.82) is 0 Å². The summed E-state index contributed by atoms with van der Waals surface area (Å²) < 4.78 is 5.48. The Morgan fingerprint density at radius 2 is 1.32 bits per heavy atom. The Kier molecular flexibility index (Phi) is 4.18. The molecule has 0 amide bonds. The molecule has 5 heteroatoms. The average molecular weight is 366 g/mol. The molecule has 1 aromatic heterocycles. The van der Waals surface area contributed by atoms with Crippen molar-refractivity contribution in [1.82, 2.24) is 15.5 Å². The first-order valence-electron chi connectivity index (χ1n) is 9.25. The molecule has 28 heavy (non-hydrogen) atoms. The van der Waals surface area contributed by atoms with Gasteiger partial charge in [-0.25, -0.2) is 0 Å². The van der Waals surface area contributed by atoms with E-state index in [-0.39, 0.29) is 0 Å². The zero-order valence-electron chi connectivity index (χ0n) is 15.2. The Bertz CT molecular complexity index is 1110. The molecular formula is C23H18N4O. The largest absolute Gasteiger partial charge is 0.368 e. The maximum atomic E-state index is 5.48. The van der Waals surface area contributed by atoms with Crippen LogP contribution in [0.5, 0.6) is 0 Å². The van der Waals surface area contributed by atoms with Crippen LogP contribution in [0.2, 0.25) is 0 Å². The molecule has 1 N–H and O–H groups in total. The van der Waals surface area contributed by atoms with Gasteiger partial charge in [0.2, 0.25) is 5.82 Å². The van der Waals surface area contributed by atoms with Crippen molar-refractivity contribution in [2.75, 3.05) is 13.1 Å². The van der Waals surface area contributed by atoms with Gasteiger partial charge in [-0.2, -0.15) is 4.98 Å². The highest BCUT2D eigenvalue weighted by Crippen LogP contribution is 2.26. The van der Waals surface area contributed by atoms with Crippen molar-refractivity contribution in [3.05, 3.63) is 84.4 Å². The number of amidine groups is 1. The molecule has 0 aliphatic carbocycles. The van der Waals surface area contributed by atoms with Crippen molar-refractivity contribution in [2.45, 2.75) is 0 Å². The van der Waals surface area contributed by atoms with Gasteiger partial charge in [-0.1, -0.05) is 71.9 Å². The van der Waals surface area contributed by atoms with E-state index in [1.807, 2.05) is 54.6 Å². The summed E-state index contributed by atoms with van der Waals surface area (Å²) in [6, 6.07) is 26.5. The summed E-state index contributed by atoms with van der Waals surface area (Å²) in [7, 11) is 0. The molecule has 5 nitrogen and oxygen atoms in total. The summed E-state index contributed by atoms with van der Waals surface area (Å²) in [4.78, 5) is 8.99. The van der Waals surface area contributed by atoms with Crippen molar-refractivity contribution >= 4 is 5.84 Å². The second-order valence-corrected chi connectivity index (χ2v) is 6.60. The van der Waals surface area contributed by atoms with Gasteiger partial charge >= 0.3 is 0 Å². The molecule has 0 saturated heterocycles. The monoisotopic (exact) mass is 366 g/mol. The summed E-state index contributed by atoms with van der Waals surface area (Å²) in [5.74, 6) is 2.04. The highest BCUT2D eigenvalue weighted by atomic mass is 16.5. The zero-order valence-corrected chi connectivity index (χ0v) is 15.2. The number of nitrogens with one attached hydrogen (secondary N) is 1. The van der Waals surface area contributed by atoms with Gasteiger partial charge in [-0.15, -0.1) is 0 Å². The summed E-state index contributed by atoms with van der Waals surface area (Å²) in [6.07, 6.45) is 0. The Balaban J connectivity index is 1.37. The molecule has 2 heterocycles. The fourth-order valence-corrected chi connectivity index (χ4v) is 3.26. The van der Waals surface area contributed by atoms with Gasteiger partial charge in [-0.05, 0) is 23.3 Å². The topological polar surface area (TPSA) is 63.3 Å². The number of benzene rings is 3. The first kappa shape index (κ1) is 16.4. The lowest BCUT2D eigenvalue weighted by atomic mass is 10.0. The molecule has 3 aromatic carbocycles. The van der Waals surface area contributed by atoms with E-state index in [1.54, 1.807) is 0 Å². The summed E-state index contributed by atoms with van der Waals surface area (Å²) in [6.45, 7) is 1.72. The van der Waals surface area contributed by atoms with E-state index in [4.69, 9.17) is 4.52 Å². The van der Waals surface area contributed by atoms with Crippen LogP contribution in [0.4, 0.5) is 0 Å². The molecule has 0 radical (unpaired) electrons. The minimum absolute atomic E-state index is 0.514. The highest BCUT2D eigenvalue weighted by molar-refractivity contribution is 6.00. The molecule has 5 rings (SSSR count). The van der Waals surface area contributed by atoms with Crippen LogP contribution in [-0.2, 0) is 0 Å². The van der Waals surface area contributed by atoms with Gasteiger partial charge in [0.1, 0.15) is 5.84 Å². The molecule has 0 saturated carbocycles. The second kappa shape index (κ2) is 7.12. The molecule has 0 bridgehead atoms. The number of aromatic nitrogens is 2. The van der Waals surface area contributed by atoms with E-state index in [0.717, 1.165) is 41.2 Å². The van der Waals surface area contributed by atoms with E-state index in [9.17, 15) is 0 Å². The molecule has 0 spiro atoms. The van der Waals surface area contributed by atoms with Crippen LogP contribution in [0.25, 0.3) is 34.0 Å². The predicted octanol–water partition coefficient (Wildman–Crippen LogP) is 4.42. The molecule has 4 aromatic rings. The number of aliphatic imine (C=N–C) groups is 1. The van der Waals surface area contributed by atoms with Gasteiger partial charge in [0.15, 0.2) is 0 Å². The molecule has 0 unspecified atom stereocenters. The van der Waals surface area contributed by atoms with Crippen LogP contribution in [-0.4, -0.2) is 29.1 Å². The Labute approximate surface area is 162 Å². The van der Waals surface area contributed by atoms with E-state index in [2.05, 4.69) is 44.7 Å². The maximum Gasteiger partial charge on any atom is 0.258 e. The lowest BCUT2D eigenvalue weighted by molar-refractivity contribution is 0.432. The summed E-state index contributed by atoms with van der Waals surface area (Å²) >= 11 is 0. The fourth-order valence-electron chi connectivity index (χ4n) is 3.26. The molecule has 1 aliphatic rings. The minimum Gasteiger partial charge on any atom is -0.368 e. The lowest BCUT2D eigenvalue weighted by Crippen LogP contribution is -2.19. The highest BCUT2D eigenvalue weighted by Gasteiger charge is 2.12. The fraction of sp³-hybridized carbons (Fsp3) is 0.0870. The Morgan fingerprint density at radius 1 is 0.679 bits per heavy atom. The van der Waals surface area contributed by atoms with Crippen LogP contribution in [0, 0.1) is 0 Å². The van der Waals surface area contributed by atoms with Gasteiger partial charge in [0, 0.05) is 23.2 Å². The van der Waals surface area contributed by atoms with Crippen molar-refractivity contribution in [3.8, 4) is 34.0 Å². The van der Waals surface area contributed by atoms with E-state index < -0.39 is 0 Å². The third kappa shape index (κ3) is 3.18. The van der Waals surface area contributed by atoms with Crippen molar-refractivity contribution in [3.63, 3.8) is 0 Å². The smallest absolute Gasteiger partial charge is 0.258 e. The third-order valence-corrected chi connectivity index (χ3v) is 4.76. The van der Waals surface area contributed by atoms with Crippen molar-refractivity contribution in [2.24, 2.45) is 4.99 Å². The van der Waals surface area contributed by atoms with E-state index in [0.29, 0.717) is 11.7 Å². The lowest BCUT2D eigenvalue weighted by Gasteiger charge is -2.02. The molecule has 1 aliphatic heterocycles. The Morgan fingerprint density at radius 3 is 2.04 bits per heavy atom. The predicted molar refractivity (Wildman–Crippen MR) is 110 cm³/mol. The second-order valence-electron chi connectivity index (χ2n) is 6.60. The number of nitrogens with zero attached hydrogens (tertiary/aromatic N) is 3. The van der Waals surface area contributed by atoms with Crippen LogP contribution >= 0.6 is 0 Å². The zero-order chi connectivity index (χ0) is 18.8. The van der Waals surface area contributed by atoms with Gasteiger partial charge in [0.25, 0.3) is 5.89 Å². The summed E-state index contributed by atoms with van der Waals surface area (Å²) in [5, 5.41) is 7.41. The number of hydrogen-bond donors (Lipinski definition) is 1. The van der Waals surface area contributed by atoms with E-state index >= 15 is 0 Å². The molecular weight excluding hydrogens is 348 g/mol. The van der Waals surface area contributed by atoms with Crippen LogP contribution in [0.3, 0.4) is 0 Å². The first-order chi connectivity index (χ1) is 13.9. The summed E-state index contributed by atoms with van der Waals surface area (Å²) in [5.41, 5.74) is 5.23. The van der Waals surface area contributed by atoms with Crippen LogP contribution < -0.4 is 5.32 Å². The normalized spacial score (nSPS) is 13.2. The van der Waals surface area contributed by atoms with Crippen molar-refractivity contribution < 1.29 is 4.52 Å². The maximum absolute atomic E-state index is 5.48. The van der Waals surface area contributed by atoms with Gasteiger partial charge < -0.3 is 9.84 Å². The molecule has 0 atom stereocenters. The van der Waals surface area contributed by atoms with E-state index in [1.165, 1.54) is 5.56 Å². The van der Waals surface area contributed by atoms with Gasteiger partial charge in [0.05, 0.1) is 6.54 Å². The average Bonchev–Trinajstić information content (AvgIpc) is 3.47. The van der Waals surface area contributed by atoms with Crippen LogP contribution in [0.15, 0.2) is 88.4 Å².